The summed E-state index contributed by atoms with van der Waals surface area (Å²) >= 11 is 1.44. The van der Waals surface area contributed by atoms with E-state index in [0.717, 1.165) is 41.6 Å². The Balaban J connectivity index is 1.42. The Morgan fingerprint density at radius 1 is 1.00 bits per heavy atom. The van der Waals surface area contributed by atoms with Gasteiger partial charge in [0, 0.05) is 18.5 Å². The average molecular weight is 461 g/mol. The molecule has 1 saturated carbocycles. The van der Waals surface area contributed by atoms with Crippen LogP contribution >= 0.6 is 11.3 Å². The van der Waals surface area contributed by atoms with Crippen LogP contribution in [0.1, 0.15) is 36.9 Å². The summed E-state index contributed by atoms with van der Waals surface area (Å²) in [5.41, 5.74) is 3.25. The Labute approximate surface area is 195 Å². The molecule has 0 spiro atoms. The minimum atomic E-state index is -0.209. The molecule has 0 radical (unpaired) electrons. The molecule has 0 aliphatic heterocycles. The van der Waals surface area contributed by atoms with Gasteiger partial charge in [0.25, 0.3) is 0 Å². The van der Waals surface area contributed by atoms with Crippen LogP contribution in [-0.4, -0.2) is 32.2 Å². The first kappa shape index (κ1) is 21.4. The molecule has 8 nitrogen and oxygen atoms in total. The number of benzene rings is 2. The zero-order valence-electron chi connectivity index (χ0n) is 17.9. The number of anilines is 3. The molecule has 0 atom stereocenters. The molecule has 0 bridgehead atoms. The molecule has 2 aromatic heterocycles. The Bertz CT molecular complexity index is 1250. The predicted octanol–water partition coefficient (Wildman–Crippen LogP) is 5.53. The van der Waals surface area contributed by atoms with Gasteiger partial charge < -0.3 is 15.7 Å². The molecular weight excluding hydrogens is 436 g/mol. The molecule has 1 aliphatic rings. The number of aliphatic hydroxyl groups excluding tert-OH is 1. The Morgan fingerprint density at radius 2 is 1.82 bits per heavy atom. The number of fused-ring (bicyclic) bond motifs is 1. The van der Waals surface area contributed by atoms with Crippen molar-refractivity contribution in [3.63, 3.8) is 0 Å². The second kappa shape index (κ2) is 9.60. The number of nitroso groups, excluding NO2 is 1. The third-order valence-electron chi connectivity index (χ3n) is 5.75. The smallest absolute Gasteiger partial charge is 0.225 e. The summed E-state index contributed by atoms with van der Waals surface area (Å²) in [5.74, 6) is 1.22. The van der Waals surface area contributed by atoms with E-state index in [0.29, 0.717) is 29.0 Å². The van der Waals surface area contributed by atoms with Crippen LogP contribution in [-0.2, 0) is 6.42 Å². The molecule has 5 rings (SSSR count). The lowest BCUT2D eigenvalue weighted by molar-refractivity contribution is 0.126. The van der Waals surface area contributed by atoms with E-state index in [4.69, 9.17) is 4.98 Å². The second-order valence-electron chi connectivity index (χ2n) is 8.27. The molecule has 0 saturated heterocycles. The standard InChI is InChI=1S/C24H24N6O2S/c31-19-9-6-16(7-10-19)25-23-26-18(12-15-4-2-1-3-5-15)14-22(28-23)29-24-27-20-11-8-17(30-32)13-21(20)33-24/h1-5,8,11,13-14,16,19,31H,6-7,9-10,12H2,(H2,25,26,27,28,29). The quantitative estimate of drug-likeness (QED) is 0.311. The number of rotatable bonds is 7. The number of thiazole rings is 1. The van der Waals surface area contributed by atoms with Gasteiger partial charge in [-0.3, -0.25) is 0 Å². The highest BCUT2D eigenvalue weighted by Crippen LogP contribution is 2.31. The lowest BCUT2D eigenvalue weighted by Gasteiger charge is -2.26. The number of nitrogens with one attached hydrogen (secondary N) is 2. The zero-order valence-corrected chi connectivity index (χ0v) is 18.8. The highest BCUT2D eigenvalue weighted by molar-refractivity contribution is 7.22. The van der Waals surface area contributed by atoms with Crippen LogP contribution in [0.15, 0.2) is 59.8 Å². The monoisotopic (exact) mass is 460 g/mol. The molecule has 1 aliphatic carbocycles. The Kier molecular flexibility index (Phi) is 6.23. The van der Waals surface area contributed by atoms with Gasteiger partial charge in [-0.25, -0.2) is 9.97 Å². The summed E-state index contributed by atoms with van der Waals surface area (Å²) < 4.78 is 0.882. The molecular formula is C24H24N6O2S. The van der Waals surface area contributed by atoms with E-state index in [1.54, 1.807) is 18.2 Å². The lowest BCUT2D eigenvalue weighted by Crippen LogP contribution is -2.29. The SMILES string of the molecule is O=Nc1ccc2nc(Nc3cc(Cc4ccccc4)nc(NC4CCC(O)CC4)n3)sc2c1. The van der Waals surface area contributed by atoms with Crippen molar-refractivity contribution in [3.05, 3.63) is 70.8 Å². The van der Waals surface area contributed by atoms with Gasteiger partial charge in [0.05, 0.1) is 22.0 Å². The maximum atomic E-state index is 10.8. The minimum absolute atomic E-state index is 0.209. The number of nitrogens with zero attached hydrogens (tertiary/aromatic N) is 4. The maximum absolute atomic E-state index is 10.8. The van der Waals surface area contributed by atoms with Gasteiger partial charge in [-0.05, 0) is 54.6 Å². The largest absolute Gasteiger partial charge is 0.393 e. The van der Waals surface area contributed by atoms with Crippen molar-refractivity contribution in [2.75, 3.05) is 10.6 Å². The van der Waals surface area contributed by atoms with Crippen molar-refractivity contribution in [1.82, 2.24) is 15.0 Å². The summed E-state index contributed by atoms with van der Waals surface area (Å²) in [6.07, 6.45) is 3.83. The zero-order chi connectivity index (χ0) is 22.6. The first-order valence-electron chi connectivity index (χ1n) is 11.0. The summed E-state index contributed by atoms with van der Waals surface area (Å²) in [6.45, 7) is 0. The maximum Gasteiger partial charge on any atom is 0.225 e. The van der Waals surface area contributed by atoms with E-state index in [2.05, 4.69) is 37.9 Å². The molecule has 3 N–H and O–H groups in total. The molecule has 33 heavy (non-hydrogen) atoms. The van der Waals surface area contributed by atoms with Gasteiger partial charge in [0.2, 0.25) is 5.95 Å². The van der Waals surface area contributed by atoms with Crippen molar-refractivity contribution >= 4 is 44.1 Å². The number of aliphatic hydroxyl groups is 1. The highest BCUT2D eigenvalue weighted by Gasteiger charge is 2.20. The van der Waals surface area contributed by atoms with Crippen molar-refractivity contribution < 1.29 is 5.11 Å². The van der Waals surface area contributed by atoms with Gasteiger partial charge in [-0.1, -0.05) is 41.7 Å². The predicted molar refractivity (Wildman–Crippen MR) is 132 cm³/mol. The first-order chi connectivity index (χ1) is 16.1. The fourth-order valence-corrected chi connectivity index (χ4v) is 4.96. The van der Waals surface area contributed by atoms with Crippen molar-refractivity contribution in [2.24, 2.45) is 5.18 Å². The van der Waals surface area contributed by atoms with Gasteiger partial charge in [-0.15, -0.1) is 4.91 Å². The van der Waals surface area contributed by atoms with Crippen LogP contribution in [0.3, 0.4) is 0 Å². The molecule has 0 unspecified atom stereocenters. The van der Waals surface area contributed by atoms with E-state index < -0.39 is 0 Å². The van der Waals surface area contributed by atoms with Gasteiger partial charge in [0.1, 0.15) is 11.5 Å². The Hall–Kier alpha value is -3.43. The van der Waals surface area contributed by atoms with Crippen LogP contribution in [0.4, 0.5) is 22.6 Å². The van der Waals surface area contributed by atoms with Crippen LogP contribution in [0.2, 0.25) is 0 Å². The summed E-state index contributed by atoms with van der Waals surface area (Å²) in [5, 5.41) is 20.3. The number of hydrogen-bond donors (Lipinski definition) is 3. The highest BCUT2D eigenvalue weighted by atomic mass is 32.1. The van der Waals surface area contributed by atoms with Crippen molar-refractivity contribution in [3.8, 4) is 0 Å². The Morgan fingerprint density at radius 3 is 2.61 bits per heavy atom. The molecule has 2 aromatic carbocycles. The molecule has 9 heteroatoms. The van der Waals surface area contributed by atoms with E-state index in [1.165, 1.54) is 16.9 Å². The fourth-order valence-electron chi connectivity index (χ4n) is 4.06. The van der Waals surface area contributed by atoms with Crippen LogP contribution in [0.5, 0.6) is 0 Å². The second-order valence-corrected chi connectivity index (χ2v) is 9.30. The topological polar surface area (TPSA) is 112 Å². The van der Waals surface area contributed by atoms with Gasteiger partial charge >= 0.3 is 0 Å². The van der Waals surface area contributed by atoms with E-state index in [1.807, 2.05) is 24.3 Å². The van der Waals surface area contributed by atoms with Crippen molar-refractivity contribution in [2.45, 2.75) is 44.2 Å². The normalized spacial score (nSPS) is 18.2. The van der Waals surface area contributed by atoms with Crippen LogP contribution in [0.25, 0.3) is 10.2 Å². The van der Waals surface area contributed by atoms with Gasteiger partial charge in [0.15, 0.2) is 5.13 Å². The van der Waals surface area contributed by atoms with E-state index >= 15 is 0 Å². The third-order valence-corrected chi connectivity index (χ3v) is 6.68. The summed E-state index contributed by atoms with van der Waals surface area (Å²) in [4.78, 5) is 24.9. The molecule has 1 fully saturated rings. The average Bonchev–Trinajstić information content (AvgIpc) is 3.22. The lowest BCUT2D eigenvalue weighted by atomic mass is 9.93. The number of aromatic nitrogens is 3. The van der Waals surface area contributed by atoms with Gasteiger partial charge in [-0.2, -0.15) is 4.98 Å². The molecule has 2 heterocycles. The van der Waals surface area contributed by atoms with Crippen LogP contribution < -0.4 is 10.6 Å². The molecule has 4 aromatic rings. The summed E-state index contributed by atoms with van der Waals surface area (Å²) in [7, 11) is 0. The summed E-state index contributed by atoms with van der Waals surface area (Å²) in [6, 6.07) is 17.6. The first-order valence-corrected chi connectivity index (χ1v) is 11.8. The third kappa shape index (κ3) is 5.32. The van der Waals surface area contributed by atoms with Crippen LogP contribution in [0, 0.1) is 4.91 Å². The minimum Gasteiger partial charge on any atom is -0.393 e. The van der Waals surface area contributed by atoms with E-state index in [-0.39, 0.29) is 12.1 Å². The van der Waals surface area contributed by atoms with Crippen molar-refractivity contribution in [1.29, 1.82) is 0 Å². The fraction of sp³-hybridized carbons (Fsp3) is 0.292. The van der Waals surface area contributed by atoms with E-state index in [9.17, 15) is 10.0 Å². The number of hydrogen-bond acceptors (Lipinski definition) is 9. The molecule has 168 valence electrons. The molecule has 0 amide bonds.